The van der Waals surface area contributed by atoms with E-state index in [1.165, 1.54) is 4.90 Å². The molecule has 1 saturated heterocycles. The topological polar surface area (TPSA) is 127 Å². The number of likely N-dealkylation sites (tertiary alicyclic amines) is 1. The molecule has 9 nitrogen and oxygen atoms in total. The number of carbonyl (C=O) groups excluding carboxylic acids is 2. The van der Waals surface area contributed by atoms with Crippen LogP contribution in [0.25, 0.3) is 0 Å². The van der Waals surface area contributed by atoms with E-state index in [4.69, 9.17) is 4.74 Å². The Kier molecular flexibility index (Phi) is 9.26. The number of rotatable bonds is 11. The molecule has 0 bridgehead atoms. The van der Waals surface area contributed by atoms with Crippen LogP contribution in [0.5, 0.6) is 0 Å². The van der Waals surface area contributed by atoms with Crippen LogP contribution in [-0.4, -0.2) is 64.2 Å². The molecule has 2 unspecified atom stereocenters. The molecule has 0 aliphatic carbocycles. The summed E-state index contributed by atoms with van der Waals surface area (Å²) in [4.78, 5) is 27.7. The van der Waals surface area contributed by atoms with Crippen LogP contribution in [0.3, 0.4) is 0 Å². The fraction of sp³-hybridized carbons (Fsp3) is 0.440. The summed E-state index contributed by atoms with van der Waals surface area (Å²) in [6.07, 6.45) is 1.14. The van der Waals surface area contributed by atoms with Crippen molar-refractivity contribution in [1.29, 1.82) is 0 Å². The molecule has 0 saturated carbocycles. The molecule has 1 aliphatic rings. The van der Waals surface area contributed by atoms with Gasteiger partial charge in [0.25, 0.3) is 0 Å². The van der Waals surface area contributed by atoms with E-state index in [-0.39, 0.29) is 37.0 Å². The second-order valence-electron chi connectivity index (χ2n) is 9.27. The van der Waals surface area contributed by atoms with Gasteiger partial charge in [0, 0.05) is 12.8 Å². The van der Waals surface area contributed by atoms with E-state index in [1.54, 1.807) is 30.3 Å². The normalized spacial score (nSPS) is 19.1. The first kappa shape index (κ1) is 27.8. The van der Waals surface area contributed by atoms with Gasteiger partial charge in [-0.15, -0.1) is 0 Å². The van der Waals surface area contributed by atoms with Crippen LogP contribution in [0.4, 0.5) is 0 Å². The molecule has 0 spiro atoms. The molecule has 2 aromatic carbocycles. The van der Waals surface area contributed by atoms with E-state index >= 15 is 0 Å². The summed E-state index contributed by atoms with van der Waals surface area (Å²) < 4.78 is 57.2. The number of esters is 1. The van der Waals surface area contributed by atoms with Gasteiger partial charge in [-0.05, 0) is 29.9 Å². The lowest BCUT2D eigenvalue weighted by Gasteiger charge is -2.28. The summed E-state index contributed by atoms with van der Waals surface area (Å²) >= 11 is 0. The lowest BCUT2D eigenvalue weighted by molar-refractivity contribution is -0.155. The van der Waals surface area contributed by atoms with Crippen LogP contribution in [0, 0.1) is 5.92 Å². The number of sulfone groups is 1. The van der Waals surface area contributed by atoms with Gasteiger partial charge in [0.15, 0.2) is 0 Å². The Hall–Kier alpha value is -2.76. The average molecular weight is 537 g/mol. The Morgan fingerprint density at radius 2 is 1.58 bits per heavy atom. The highest BCUT2D eigenvalue weighted by molar-refractivity contribution is 7.90. The predicted molar refractivity (Wildman–Crippen MR) is 136 cm³/mol. The third kappa shape index (κ3) is 8.42. The molecule has 1 amide bonds. The number of hydrogen-bond donors (Lipinski definition) is 1. The SMILES string of the molecule is C[C@H]1CC(C(=O)OCc2ccccc2)N(C(=O)C(CCS(C)(=O)=O)NS(=O)(=O)Cc2ccccc2)C1. The van der Waals surface area contributed by atoms with Crippen molar-refractivity contribution in [3.05, 3.63) is 71.8 Å². The Bertz CT molecular complexity index is 1250. The molecule has 36 heavy (non-hydrogen) atoms. The molecule has 1 N–H and O–H groups in total. The van der Waals surface area contributed by atoms with E-state index in [0.29, 0.717) is 12.0 Å². The smallest absolute Gasteiger partial charge is 0.329 e. The lowest BCUT2D eigenvalue weighted by atomic mass is 10.1. The molecule has 0 aromatic heterocycles. The van der Waals surface area contributed by atoms with Gasteiger partial charge >= 0.3 is 5.97 Å². The molecular weight excluding hydrogens is 504 g/mol. The van der Waals surface area contributed by atoms with Crippen LogP contribution in [0.15, 0.2) is 60.7 Å². The standard InChI is InChI=1S/C25H32N2O7S2/c1-19-15-23(25(29)34-17-20-9-5-3-6-10-20)27(16-19)24(28)22(13-14-35(2,30)31)26-36(32,33)18-21-11-7-4-8-12-21/h3-12,19,22-23,26H,13-18H2,1-2H3/t19-,22?,23?/m0/s1. The number of amides is 1. The molecular formula is C25H32N2O7S2. The van der Waals surface area contributed by atoms with Gasteiger partial charge in [-0.2, -0.15) is 0 Å². The van der Waals surface area contributed by atoms with Crippen LogP contribution >= 0.6 is 0 Å². The Morgan fingerprint density at radius 1 is 1.00 bits per heavy atom. The molecule has 0 radical (unpaired) electrons. The maximum Gasteiger partial charge on any atom is 0.329 e. The number of sulfonamides is 1. The van der Waals surface area contributed by atoms with Crippen LogP contribution in [0.1, 0.15) is 30.9 Å². The molecule has 3 rings (SSSR count). The van der Waals surface area contributed by atoms with Crippen molar-refractivity contribution >= 4 is 31.7 Å². The molecule has 1 fully saturated rings. The zero-order valence-electron chi connectivity index (χ0n) is 20.4. The van der Waals surface area contributed by atoms with Crippen molar-refractivity contribution in [2.75, 3.05) is 18.6 Å². The Balaban J connectivity index is 1.76. The molecule has 1 heterocycles. The highest BCUT2D eigenvalue weighted by Crippen LogP contribution is 2.26. The molecule has 11 heteroatoms. The van der Waals surface area contributed by atoms with Crippen molar-refractivity contribution in [2.45, 2.75) is 44.2 Å². The summed E-state index contributed by atoms with van der Waals surface area (Å²) in [5.74, 6) is -1.98. The van der Waals surface area contributed by atoms with Gasteiger partial charge in [0.05, 0.1) is 11.5 Å². The summed E-state index contributed by atoms with van der Waals surface area (Å²) in [6, 6.07) is 15.4. The lowest BCUT2D eigenvalue weighted by Crippen LogP contribution is -2.52. The maximum atomic E-state index is 13.5. The van der Waals surface area contributed by atoms with Gasteiger partial charge in [-0.3, -0.25) is 4.79 Å². The van der Waals surface area contributed by atoms with Crippen molar-refractivity contribution in [3.63, 3.8) is 0 Å². The third-order valence-corrected chi connectivity index (χ3v) is 8.22. The van der Waals surface area contributed by atoms with Crippen LogP contribution in [0.2, 0.25) is 0 Å². The van der Waals surface area contributed by atoms with Gasteiger partial charge in [0.2, 0.25) is 15.9 Å². The number of benzene rings is 2. The second-order valence-corrected chi connectivity index (χ2v) is 13.3. The van der Waals surface area contributed by atoms with E-state index in [1.807, 2.05) is 37.3 Å². The number of nitrogens with one attached hydrogen (secondary N) is 1. The summed E-state index contributed by atoms with van der Waals surface area (Å²) in [7, 11) is -7.45. The van der Waals surface area contributed by atoms with Crippen LogP contribution < -0.4 is 4.72 Å². The first-order chi connectivity index (χ1) is 16.9. The maximum absolute atomic E-state index is 13.5. The zero-order chi connectivity index (χ0) is 26.3. The Labute approximate surface area is 212 Å². The van der Waals surface area contributed by atoms with E-state index in [0.717, 1.165) is 11.8 Å². The fourth-order valence-corrected chi connectivity index (χ4v) is 6.19. The van der Waals surface area contributed by atoms with E-state index in [9.17, 15) is 26.4 Å². The highest BCUT2D eigenvalue weighted by atomic mass is 32.2. The van der Waals surface area contributed by atoms with Crippen LogP contribution in [-0.2, 0) is 46.5 Å². The second kappa shape index (κ2) is 12.0. The Morgan fingerprint density at radius 3 is 2.17 bits per heavy atom. The quantitative estimate of drug-likeness (QED) is 0.435. The van der Waals surface area contributed by atoms with E-state index < -0.39 is 43.8 Å². The van der Waals surface area contributed by atoms with Crippen molar-refractivity contribution in [1.82, 2.24) is 9.62 Å². The van der Waals surface area contributed by atoms with Crippen molar-refractivity contribution < 1.29 is 31.2 Å². The monoisotopic (exact) mass is 536 g/mol. The number of hydrogen-bond acceptors (Lipinski definition) is 7. The zero-order valence-corrected chi connectivity index (χ0v) is 22.0. The molecule has 1 aliphatic heterocycles. The average Bonchev–Trinajstić information content (AvgIpc) is 3.22. The molecule has 2 aromatic rings. The predicted octanol–water partition coefficient (Wildman–Crippen LogP) is 1.89. The first-order valence-electron chi connectivity index (χ1n) is 11.7. The summed E-state index contributed by atoms with van der Waals surface area (Å²) in [5, 5.41) is 0. The molecule has 3 atom stereocenters. The minimum atomic E-state index is -3.98. The fourth-order valence-electron chi connectivity index (χ4n) is 4.15. The number of carbonyl (C=O) groups is 2. The van der Waals surface area contributed by atoms with Gasteiger partial charge in [0.1, 0.15) is 28.5 Å². The highest BCUT2D eigenvalue weighted by Gasteiger charge is 2.42. The minimum absolute atomic E-state index is 0.0142. The number of nitrogens with zero attached hydrogens (tertiary/aromatic N) is 1. The van der Waals surface area contributed by atoms with Gasteiger partial charge < -0.3 is 9.64 Å². The largest absolute Gasteiger partial charge is 0.459 e. The van der Waals surface area contributed by atoms with Crippen molar-refractivity contribution in [2.24, 2.45) is 5.92 Å². The summed E-state index contributed by atoms with van der Waals surface area (Å²) in [5.41, 5.74) is 1.32. The van der Waals surface area contributed by atoms with E-state index in [2.05, 4.69) is 4.72 Å². The molecule has 196 valence electrons. The third-order valence-electron chi connectivity index (χ3n) is 5.89. The minimum Gasteiger partial charge on any atom is -0.459 e. The van der Waals surface area contributed by atoms with Crippen molar-refractivity contribution in [3.8, 4) is 0 Å². The van der Waals surface area contributed by atoms with Gasteiger partial charge in [-0.25, -0.2) is 26.4 Å². The summed E-state index contributed by atoms with van der Waals surface area (Å²) in [6.45, 7) is 2.17. The first-order valence-corrected chi connectivity index (χ1v) is 15.4. The van der Waals surface area contributed by atoms with Gasteiger partial charge in [-0.1, -0.05) is 67.6 Å². The number of ether oxygens (including phenoxy) is 1.